The number of carbonyl (C=O) groups is 1. The third-order valence-electron chi connectivity index (χ3n) is 1.86. The van der Waals surface area contributed by atoms with Crippen molar-refractivity contribution in [1.29, 1.82) is 0 Å². The number of aliphatic hydroxyl groups is 1. The number of allylic oxidation sites excluding steroid dienone is 1. The quantitative estimate of drug-likeness (QED) is 0.449. The van der Waals surface area contributed by atoms with Crippen molar-refractivity contribution in [3.8, 4) is 0 Å². The number of hydrogen-bond acceptors (Lipinski definition) is 5. The number of nitrogens with two attached hydrogens (primary N) is 1. The Hall–Kier alpha value is -1.11. The molecule has 0 spiro atoms. The van der Waals surface area contributed by atoms with Crippen molar-refractivity contribution in [2.24, 2.45) is 5.73 Å². The summed E-state index contributed by atoms with van der Waals surface area (Å²) < 4.78 is 0. The minimum Gasteiger partial charge on any atom is -0.480 e. The van der Waals surface area contributed by atoms with E-state index < -0.39 is 18.2 Å². The zero-order valence-corrected chi connectivity index (χ0v) is 7.15. The van der Waals surface area contributed by atoms with E-state index in [9.17, 15) is 9.90 Å². The van der Waals surface area contributed by atoms with Gasteiger partial charge in [0.1, 0.15) is 11.8 Å². The summed E-state index contributed by atoms with van der Waals surface area (Å²) in [6.07, 6.45) is -0.875. The van der Waals surface area contributed by atoms with Gasteiger partial charge in [-0.1, -0.05) is 0 Å². The number of carboxylic acids is 1. The summed E-state index contributed by atoms with van der Waals surface area (Å²) in [6, 6.07) is -1.01. The molecule has 0 bridgehead atoms. The second-order valence-electron chi connectivity index (χ2n) is 2.85. The Bertz CT molecular complexity index is 251. The molecule has 2 atom stereocenters. The highest BCUT2D eigenvalue weighted by atomic mass is 16.7. The second kappa shape index (κ2) is 3.73. The van der Waals surface area contributed by atoms with Crippen LogP contribution in [0, 0.1) is 0 Å². The van der Waals surface area contributed by atoms with Crippen LogP contribution in [0.1, 0.15) is 13.3 Å². The van der Waals surface area contributed by atoms with E-state index in [1.165, 1.54) is 0 Å². The minimum absolute atomic E-state index is 0.0787. The van der Waals surface area contributed by atoms with Gasteiger partial charge in [0.2, 0.25) is 0 Å². The molecule has 0 aromatic heterocycles. The van der Waals surface area contributed by atoms with Gasteiger partial charge in [0.05, 0.1) is 0 Å². The van der Waals surface area contributed by atoms with Crippen molar-refractivity contribution in [3.63, 3.8) is 0 Å². The van der Waals surface area contributed by atoms with Crippen molar-refractivity contribution in [2.75, 3.05) is 0 Å². The van der Waals surface area contributed by atoms with Crippen molar-refractivity contribution in [3.05, 3.63) is 11.3 Å². The molecule has 0 fully saturated rings. The standard InChI is InChI=1S/C7H12N2O4/c1-3-4(6(10)9-13-3)2-5(8)7(11)12/h5-6,9-10H,2,8H2,1H3,(H,11,12). The highest BCUT2D eigenvalue weighted by Crippen LogP contribution is 2.19. The molecule has 0 aromatic rings. The average molecular weight is 188 g/mol. The Morgan fingerprint density at radius 2 is 2.46 bits per heavy atom. The van der Waals surface area contributed by atoms with Gasteiger partial charge in [-0.25, -0.2) is 0 Å². The first-order valence-electron chi connectivity index (χ1n) is 3.81. The molecular weight excluding hydrogens is 176 g/mol. The maximum absolute atomic E-state index is 10.4. The van der Waals surface area contributed by atoms with Crippen LogP contribution >= 0.6 is 0 Å². The highest BCUT2D eigenvalue weighted by molar-refractivity contribution is 5.73. The second-order valence-corrected chi connectivity index (χ2v) is 2.85. The zero-order valence-electron chi connectivity index (χ0n) is 7.15. The van der Waals surface area contributed by atoms with Crippen LogP contribution in [0.2, 0.25) is 0 Å². The first-order chi connectivity index (χ1) is 6.02. The SMILES string of the molecule is CC1=C(CC(N)C(=O)O)C(O)NO1. The fourth-order valence-corrected chi connectivity index (χ4v) is 1.05. The summed E-state index contributed by atoms with van der Waals surface area (Å²) in [5.41, 5.74) is 8.07. The molecule has 1 heterocycles. The van der Waals surface area contributed by atoms with Gasteiger partial charge in [0.25, 0.3) is 0 Å². The van der Waals surface area contributed by atoms with Crippen molar-refractivity contribution in [1.82, 2.24) is 5.48 Å². The van der Waals surface area contributed by atoms with Gasteiger partial charge in [-0.2, -0.15) is 0 Å². The van der Waals surface area contributed by atoms with Gasteiger partial charge in [-0.15, -0.1) is 5.48 Å². The highest BCUT2D eigenvalue weighted by Gasteiger charge is 2.26. The number of hydrogen-bond donors (Lipinski definition) is 4. The summed E-state index contributed by atoms with van der Waals surface area (Å²) in [4.78, 5) is 15.2. The maximum atomic E-state index is 10.4. The van der Waals surface area contributed by atoms with E-state index >= 15 is 0 Å². The first-order valence-corrected chi connectivity index (χ1v) is 3.81. The monoisotopic (exact) mass is 188 g/mol. The molecular formula is C7H12N2O4. The predicted molar refractivity (Wildman–Crippen MR) is 43.2 cm³/mol. The minimum atomic E-state index is -1.10. The Labute approximate surface area is 74.9 Å². The number of rotatable bonds is 3. The van der Waals surface area contributed by atoms with Crippen LogP contribution in [0.15, 0.2) is 11.3 Å². The molecule has 0 radical (unpaired) electrons. The molecule has 5 N–H and O–H groups in total. The average Bonchev–Trinajstić information content (AvgIpc) is 2.35. The van der Waals surface area contributed by atoms with E-state index in [1.807, 2.05) is 0 Å². The summed E-state index contributed by atoms with van der Waals surface area (Å²) in [6.45, 7) is 1.63. The van der Waals surface area contributed by atoms with Gasteiger partial charge < -0.3 is 20.8 Å². The van der Waals surface area contributed by atoms with E-state index in [4.69, 9.17) is 15.7 Å². The summed E-state index contributed by atoms with van der Waals surface area (Å²) in [5, 5.41) is 17.8. The molecule has 6 heteroatoms. The number of aliphatic carboxylic acids is 1. The molecule has 0 aliphatic carbocycles. The molecule has 1 aliphatic heterocycles. The lowest BCUT2D eigenvalue weighted by Gasteiger charge is -2.09. The number of carboxylic acid groups (broad SMARTS) is 1. The van der Waals surface area contributed by atoms with Crippen LogP contribution in [0.3, 0.4) is 0 Å². The number of aliphatic hydroxyl groups excluding tert-OH is 1. The summed E-state index contributed by atoms with van der Waals surface area (Å²) in [5.74, 6) is -0.622. The van der Waals surface area contributed by atoms with Crippen LogP contribution in [-0.4, -0.2) is 28.5 Å². The Kier molecular flexibility index (Phi) is 2.86. The lowest BCUT2D eigenvalue weighted by molar-refractivity contribution is -0.138. The number of nitrogens with one attached hydrogen (secondary N) is 1. The van der Waals surface area contributed by atoms with Gasteiger partial charge >= 0.3 is 5.97 Å². The molecule has 0 saturated carbocycles. The third kappa shape index (κ3) is 2.18. The van der Waals surface area contributed by atoms with Crippen LogP contribution in [0.4, 0.5) is 0 Å². The van der Waals surface area contributed by atoms with E-state index in [0.717, 1.165) is 0 Å². The van der Waals surface area contributed by atoms with Crippen LogP contribution in [0.25, 0.3) is 0 Å². The van der Waals surface area contributed by atoms with E-state index in [2.05, 4.69) is 5.48 Å². The van der Waals surface area contributed by atoms with Crippen molar-refractivity contribution in [2.45, 2.75) is 25.6 Å². The number of hydroxylamine groups is 1. The normalized spacial score (nSPS) is 24.4. The Morgan fingerprint density at radius 3 is 2.85 bits per heavy atom. The van der Waals surface area contributed by atoms with Crippen molar-refractivity contribution < 1.29 is 19.8 Å². The van der Waals surface area contributed by atoms with Gasteiger partial charge in [-0.05, 0) is 6.92 Å². The molecule has 6 nitrogen and oxygen atoms in total. The maximum Gasteiger partial charge on any atom is 0.320 e. The Balaban J connectivity index is 2.62. The summed E-state index contributed by atoms with van der Waals surface area (Å²) in [7, 11) is 0. The molecule has 2 unspecified atom stereocenters. The third-order valence-corrected chi connectivity index (χ3v) is 1.86. The fourth-order valence-electron chi connectivity index (χ4n) is 1.05. The Morgan fingerprint density at radius 1 is 1.85 bits per heavy atom. The molecule has 0 aromatic carbocycles. The largest absolute Gasteiger partial charge is 0.480 e. The lowest BCUT2D eigenvalue weighted by Crippen LogP contribution is -2.33. The van der Waals surface area contributed by atoms with E-state index in [1.54, 1.807) is 6.92 Å². The topological polar surface area (TPSA) is 105 Å². The van der Waals surface area contributed by atoms with E-state index in [-0.39, 0.29) is 6.42 Å². The lowest BCUT2D eigenvalue weighted by atomic mass is 10.1. The van der Waals surface area contributed by atoms with Crippen molar-refractivity contribution >= 4 is 5.97 Å². The van der Waals surface area contributed by atoms with Crippen LogP contribution in [-0.2, 0) is 9.63 Å². The smallest absolute Gasteiger partial charge is 0.320 e. The molecule has 0 amide bonds. The fraction of sp³-hybridized carbons (Fsp3) is 0.571. The van der Waals surface area contributed by atoms with Crippen LogP contribution < -0.4 is 11.2 Å². The summed E-state index contributed by atoms with van der Waals surface area (Å²) >= 11 is 0. The molecule has 13 heavy (non-hydrogen) atoms. The predicted octanol–water partition coefficient (Wildman–Crippen LogP) is -1.08. The van der Waals surface area contributed by atoms with Gasteiger partial charge in [0.15, 0.2) is 6.23 Å². The molecule has 74 valence electrons. The molecule has 0 saturated heterocycles. The van der Waals surface area contributed by atoms with Gasteiger partial charge in [-0.3, -0.25) is 4.79 Å². The zero-order chi connectivity index (χ0) is 10.0. The first kappa shape index (κ1) is 9.97. The van der Waals surface area contributed by atoms with E-state index in [0.29, 0.717) is 11.3 Å². The molecule has 1 aliphatic rings. The molecule has 1 rings (SSSR count). The van der Waals surface area contributed by atoms with Gasteiger partial charge in [0, 0.05) is 12.0 Å². The van der Waals surface area contributed by atoms with Crippen LogP contribution in [0.5, 0.6) is 0 Å².